The van der Waals surface area contributed by atoms with Gasteiger partial charge < -0.3 is 33.6 Å². The number of hydrogen-bond donors (Lipinski definition) is 2. The molecule has 284 valence electrons. The average molecular weight is 718 g/mol. The number of rotatable bonds is 20. The minimum atomic E-state index is -0.939. The predicted molar refractivity (Wildman–Crippen MR) is 205 cm³/mol. The van der Waals surface area contributed by atoms with Gasteiger partial charge in [-0.1, -0.05) is 86.7 Å². The maximum absolute atomic E-state index is 11.6. The summed E-state index contributed by atoms with van der Waals surface area (Å²) in [5.74, 6) is -0.144. The first-order valence-electron chi connectivity index (χ1n) is 18.1. The number of aromatic nitrogens is 1. The van der Waals surface area contributed by atoms with Crippen LogP contribution in [0, 0.1) is 24.7 Å². The number of carboxylic acid groups (broad SMARTS) is 1. The van der Waals surface area contributed by atoms with Crippen LogP contribution in [-0.4, -0.2) is 66.1 Å². The van der Waals surface area contributed by atoms with E-state index in [-0.39, 0.29) is 42.4 Å². The Morgan fingerprint density at radius 1 is 1.04 bits per heavy atom. The van der Waals surface area contributed by atoms with Gasteiger partial charge in [0.25, 0.3) is 0 Å². The van der Waals surface area contributed by atoms with E-state index in [9.17, 15) is 9.90 Å². The Morgan fingerprint density at radius 3 is 2.42 bits per heavy atom. The van der Waals surface area contributed by atoms with Crippen LogP contribution in [0.3, 0.4) is 0 Å². The van der Waals surface area contributed by atoms with E-state index in [1.54, 1.807) is 26.6 Å². The SMILES string of the molecule is COC1C[C@H](C/C=C/C(=O)O)C[C@H]([C@H](C)/C=C/C=C(\C)[C@H](C[C@H](O)[C@H](C)[C@@H](OC)/C(C)=C/C=C/C(C)=C/c2coc(C)n2)OCc2ccccc2)O1. The maximum Gasteiger partial charge on any atom is 0.327 e. The van der Waals surface area contributed by atoms with Crippen LogP contribution in [0.15, 0.2) is 106 Å². The first kappa shape index (κ1) is 42.6. The minimum absolute atomic E-state index is 0.0607. The third kappa shape index (κ3) is 14.6. The van der Waals surface area contributed by atoms with Gasteiger partial charge in [-0.3, -0.25) is 0 Å². The zero-order valence-electron chi connectivity index (χ0n) is 32.1. The second-order valence-corrected chi connectivity index (χ2v) is 13.9. The summed E-state index contributed by atoms with van der Waals surface area (Å²) in [5.41, 5.74) is 4.87. The lowest BCUT2D eigenvalue weighted by molar-refractivity contribution is -0.200. The van der Waals surface area contributed by atoms with Gasteiger partial charge in [0.2, 0.25) is 0 Å². The zero-order valence-corrected chi connectivity index (χ0v) is 32.1. The maximum atomic E-state index is 11.6. The van der Waals surface area contributed by atoms with Gasteiger partial charge in [0, 0.05) is 51.9 Å². The first-order valence-corrected chi connectivity index (χ1v) is 18.1. The van der Waals surface area contributed by atoms with Crippen molar-refractivity contribution < 1.29 is 38.4 Å². The number of benzene rings is 1. The van der Waals surface area contributed by atoms with E-state index in [4.69, 9.17) is 28.5 Å². The predicted octanol–water partition coefficient (Wildman–Crippen LogP) is 8.81. The second kappa shape index (κ2) is 22.3. The number of allylic oxidation sites excluding steroid dienone is 7. The highest BCUT2D eigenvalue weighted by molar-refractivity contribution is 5.79. The molecule has 1 aromatic heterocycles. The molecule has 8 atom stereocenters. The lowest BCUT2D eigenvalue weighted by Crippen LogP contribution is -2.37. The Labute approximate surface area is 310 Å². The molecule has 2 N–H and O–H groups in total. The fourth-order valence-corrected chi connectivity index (χ4v) is 6.44. The number of aliphatic carboxylic acids is 1. The molecule has 0 aliphatic carbocycles. The summed E-state index contributed by atoms with van der Waals surface area (Å²) in [6.07, 6.45) is 19.6. The van der Waals surface area contributed by atoms with Gasteiger partial charge >= 0.3 is 5.97 Å². The van der Waals surface area contributed by atoms with Crippen LogP contribution in [0.5, 0.6) is 0 Å². The van der Waals surface area contributed by atoms with Crippen LogP contribution in [-0.2, 0) is 30.3 Å². The van der Waals surface area contributed by atoms with Crippen LogP contribution in [0.4, 0.5) is 0 Å². The third-order valence-corrected chi connectivity index (χ3v) is 9.55. The number of hydrogen-bond acceptors (Lipinski definition) is 8. The summed E-state index contributed by atoms with van der Waals surface area (Å²) in [5, 5.41) is 20.5. The summed E-state index contributed by atoms with van der Waals surface area (Å²) in [6.45, 7) is 12.4. The standard InChI is InChI=1S/C43H59NO8/c1-29(23-37-28-50-34(6)44-37)15-12-18-32(4)43(49-8)33(5)38(45)26-39(51-27-35-19-10-9-11-20-35)30(2)16-13-17-31(3)40-24-36(21-14-22-41(46)47)25-42(48-7)52-40/h9-20,22-23,28,31,33,36,38-40,42-43,45H,21,24-27H2,1-8H3,(H,46,47)/b15-12+,17-13+,22-14+,29-23+,30-16+,32-18+/t31-,33+,36-,38+,39+,40-,42?,43+/m1/s1. The highest BCUT2D eigenvalue weighted by Gasteiger charge is 2.32. The van der Waals surface area contributed by atoms with Gasteiger partial charge in [-0.15, -0.1) is 0 Å². The molecule has 0 radical (unpaired) electrons. The molecule has 9 heteroatoms. The topological polar surface area (TPSA) is 120 Å². The molecule has 0 saturated carbocycles. The fourth-order valence-electron chi connectivity index (χ4n) is 6.44. The summed E-state index contributed by atoms with van der Waals surface area (Å²) in [6, 6.07) is 10.0. The Hall–Kier alpha value is -3.86. The third-order valence-electron chi connectivity index (χ3n) is 9.55. The molecule has 0 spiro atoms. The summed E-state index contributed by atoms with van der Waals surface area (Å²) in [4.78, 5) is 15.3. The van der Waals surface area contributed by atoms with Crippen molar-refractivity contribution in [3.05, 3.63) is 119 Å². The molecule has 1 saturated heterocycles. The molecule has 0 bridgehead atoms. The first-order chi connectivity index (χ1) is 24.9. The number of carbonyl (C=O) groups is 1. The summed E-state index contributed by atoms with van der Waals surface area (Å²) < 4.78 is 29.4. The Bertz CT molecular complexity index is 1550. The fraction of sp³-hybridized carbons (Fsp3) is 0.488. The number of nitrogens with zero attached hydrogens (tertiary/aromatic N) is 1. The van der Waals surface area contributed by atoms with E-state index < -0.39 is 12.1 Å². The van der Waals surface area contributed by atoms with E-state index in [1.807, 2.05) is 101 Å². The van der Waals surface area contributed by atoms with Crippen molar-refractivity contribution in [1.82, 2.24) is 4.98 Å². The van der Waals surface area contributed by atoms with Gasteiger partial charge in [-0.25, -0.2) is 9.78 Å². The number of ether oxygens (including phenoxy) is 4. The molecule has 3 rings (SSSR count). The Kier molecular flexibility index (Phi) is 18.2. The Morgan fingerprint density at radius 2 is 1.77 bits per heavy atom. The van der Waals surface area contributed by atoms with Crippen molar-refractivity contribution in [2.75, 3.05) is 14.2 Å². The molecule has 1 aliphatic heterocycles. The van der Waals surface area contributed by atoms with Crippen molar-refractivity contribution in [2.45, 2.75) is 105 Å². The van der Waals surface area contributed by atoms with Gasteiger partial charge in [-0.05, 0) is 67.9 Å². The summed E-state index contributed by atoms with van der Waals surface area (Å²) in [7, 11) is 3.31. The van der Waals surface area contributed by atoms with Crippen LogP contribution in [0.2, 0.25) is 0 Å². The van der Waals surface area contributed by atoms with E-state index in [0.29, 0.717) is 25.3 Å². The molecular weight excluding hydrogens is 658 g/mol. The molecule has 1 unspecified atom stereocenters. The molecule has 1 aliphatic rings. The highest BCUT2D eigenvalue weighted by Crippen LogP contribution is 2.32. The van der Waals surface area contributed by atoms with Crippen LogP contribution in [0.25, 0.3) is 6.08 Å². The van der Waals surface area contributed by atoms with Crippen molar-refractivity contribution in [2.24, 2.45) is 17.8 Å². The molecule has 1 aromatic carbocycles. The van der Waals surface area contributed by atoms with Gasteiger partial charge in [0.15, 0.2) is 12.2 Å². The van der Waals surface area contributed by atoms with Crippen molar-refractivity contribution in [1.29, 1.82) is 0 Å². The van der Waals surface area contributed by atoms with Gasteiger partial charge in [-0.2, -0.15) is 0 Å². The molecule has 1 fully saturated rings. The second-order valence-electron chi connectivity index (χ2n) is 13.9. The lowest BCUT2D eigenvalue weighted by Gasteiger charge is -2.36. The smallest absolute Gasteiger partial charge is 0.327 e. The molecule has 52 heavy (non-hydrogen) atoms. The highest BCUT2D eigenvalue weighted by atomic mass is 16.7. The number of aliphatic hydroxyl groups is 1. The number of methoxy groups -OCH3 is 2. The number of carboxylic acids is 1. The molecule has 0 amide bonds. The van der Waals surface area contributed by atoms with Crippen molar-refractivity contribution >= 4 is 12.0 Å². The summed E-state index contributed by atoms with van der Waals surface area (Å²) >= 11 is 0. The average Bonchev–Trinajstić information content (AvgIpc) is 3.53. The molecule has 2 heterocycles. The van der Waals surface area contributed by atoms with Crippen LogP contribution >= 0.6 is 0 Å². The number of aliphatic hydroxyl groups excluding tert-OH is 1. The largest absolute Gasteiger partial charge is 0.478 e. The minimum Gasteiger partial charge on any atom is -0.478 e. The van der Waals surface area contributed by atoms with Crippen molar-refractivity contribution in [3.8, 4) is 0 Å². The monoisotopic (exact) mass is 717 g/mol. The van der Waals surface area contributed by atoms with E-state index in [2.05, 4.69) is 18.0 Å². The van der Waals surface area contributed by atoms with Crippen molar-refractivity contribution in [3.63, 3.8) is 0 Å². The molecule has 2 aromatic rings. The molecular formula is C43H59NO8. The lowest BCUT2D eigenvalue weighted by atomic mass is 9.86. The van der Waals surface area contributed by atoms with Crippen LogP contribution in [0.1, 0.15) is 77.5 Å². The number of aryl methyl sites for hydroxylation is 1. The zero-order chi connectivity index (χ0) is 38.0. The normalized spacial score (nSPS) is 22.2. The molecule has 9 nitrogen and oxygen atoms in total. The number of oxazole rings is 1. The van der Waals surface area contributed by atoms with Gasteiger partial charge in [0.05, 0.1) is 31.0 Å². The quantitative estimate of drug-likeness (QED) is 0.102. The van der Waals surface area contributed by atoms with Crippen LogP contribution < -0.4 is 0 Å². The van der Waals surface area contributed by atoms with E-state index >= 15 is 0 Å². The van der Waals surface area contributed by atoms with Gasteiger partial charge in [0.1, 0.15) is 12.0 Å². The Balaban J connectivity index is 1.70. The van der Waals surface area contributed by atoms with E-state index in [0.717, 1.165) is 40.8 Å². The van der Waals surface area contributed by atoms with E-state index in [1.165, 1.54) is 6.08 Å².